The van der Waals surface area contributed by atoms with Gasteiger partial charge in [-0.05, 0) is 6.42 Å². The van der Waals surface area contributed by atoms with Crippen LogP contribution in [0.3, 0.4) is 0 Å². The van der Waals surface area contributed by atoms with Crippen molar-refractivity contribution in [1.29, 1.82) is 0 Å². The number of carbonyl (C=O) groups excluding carboxylic acids is 2. The van der Waals surface area contributed by atoms with Gasteiger partial charge in [-0.15, -0.1) is 0 Å². The number of amides is 3. The molecular formula is C12H23N4O2+. The van der Waals surface area contributed by atoms with Crippen molar-refractivity contribution in [3.63, 3.8) is 0 Å². The van der Waals surface area contributed by atoms with Crippen molar-refractivity contribution in [2.45, 2.75) is 13.3 Å². The van der Waals surface area contributed by atoms with E-state index in [1.807, 2.05) is 6.92 Å². The average Bonchev–Trinajstić information content (AvgIpc) is 2.37. The molecule has 0 spiro atoms. The van der Waals surface area contributed by atoms with Gasteiger partial charge in [0.05, 0.1) is 19.6 Å². The molecule has 0 radical (unpaired) electrons. The normalized spacial score (nSPS) is 29.9. The largest absolute Gasteiger partial charge is 0.338 e. The number of fused-ring (bicyclic) bond motifs is 3. The van der Waals surface area contributed by atoms with Crippen molar-refractivity contribution < 1.29 is 14.1 Å². The third-order valence-electron chi connectivity index (χ3n) is 3.94. The quantitative estimate of drug-likeness (QED) is 0.657. The number of hydrogen-bond donors (Lipinski definition) is 2. The number of carbonyl (C=O) groups is 2. The van der Waals surface area contributed by atoms with Gasteiger partial charge in [-0.3, -0.25) is 15.0 Å². The van der Waals surface area contributed by atoms with E-state index in [0.717, 1.165) is 50.2 Å². The van der Waals surface area contributed by atoms with Crippen molar-refractivity contribution in [3.05, 3.63) is 0 Å². The van der Waals surface area contributed by atoms with E-state index >= 15 is 0 Å². The van der Waals surface area contributed by atoms with Gasteiger partial charge >= 0.3 is 6.03 Å². The highest BCUT2D eigenvalue weighted by Crippen LogP contribution is 2.18. The first kappa shape index (κ1) is 13.3. The van der Waals surface area contributed by atoms with Crippen LogP contribution in [0.2, 0.25) is 0 Å². The third kappa shape index (κ3) is 3.20. The van der Waals surface area contributed by atoms with Crippen LogP contribution in [-0.2, 0) is 4.79 Å². The topological polar surface area (TPSA) is 61.4 Å². The minimum absolute atomic E-state index is 0.154. The van der Waals surface area contributed by atoms with Crippen LogP contribution >= 0.6 is 0 Å². The Labute approximate surface area is 108 Å². The summed E-state index contributed by atoms with van der Waals surface area (Å²) in [6.07, 6.45) is 0.872. The summed E-state index contributed by atoms with van der Waals surface area (Å²) in [6.45, 7) is 9.35. The lowest BCUT2D eigenvalue weighted by Gasteiger charge is -2.49. The molecule has 0 aromatic heterocycles. The summed E-state index contributed by atoms with van der Waals surface area (Å²) in [5, 5.41) is 5.08. The Morgan fingerprint density at radius 2 is 1.78 bits per heavy atom. The van der Waals surface area contributed by atoms with Gasteiger partial charge in [0.25, 0.3) is 5.91 Å². The highest BCUT2D eigenvalue weighted by molar-refractivity contribution is 5.94. The fourth-order valence-electron chi connectivity index (χ4n) is 2.72. The monoisotopic (exact) mass is 255 g/mol. The molecule has 3 fully saturated rings. The van der Waals surface area contributed by atoms with E-state index in [2.05, 4.69) is 15.5 Å². The summed E-state index contributed by atoms with van der Waals surface area (Å²) in [5.74, 6) is -0.154. The standard InChI is InChI=1S/C12H22N4O2/c1-2-3-13-12(18)14-11(17)10-16-7-4-15(5-8-16)6-9-16/h2-10H2,1H3,(H-,13,14,17,18)/p+1. The van der Waals surface area contributed by atoms with E-state index in [0.29, 0.717) is 13.1 Å². The molecular weight excluding hydrogens is 232 g/mol. The smallest absolute Gasteiger partial charge is 0.321 e. The summed E-state index contributed by atoms with van der Waals surface area (Å²) < 4.78 is 0.851. The molecule has 3 heterocycles. The maximum absolute atomic E-state index is 11.9. The Morgan fingerprint density at radius 3 is 2.33 bits per heavy atom. The molecule has 0 aromatic carbocycles. The fourth-order valence-corrected chi connectivity index (χ4v) is 2.72. The summed E-state index contributed by atoms with van der Waals surface area (Å²) in [7, 11) is 0. The van der Waals surface area contributed by atoms with Crippen molar-refractivity contribution >= 4 is 11.9 Å². The first-order valence-electron chi connectivity index (χ1n) is 6.79. The third-order valence-corrected chi connectivity index (χ3v) is 3.94. The average molecular weight is 255 g/mol. The zero-order valence-electron chi connectivity index (χ0n) is 11.1. The van der Waals surface area contributed by atoms with Gasteiger partial charge in [0.2, 0.25) is 0 Å². The lowest BCUT2D eigenvalue weighted by Crippen LogP contribution is -2.69. The van der Waals surface area contributed by atoms with Gasteiger partial charge in [0, 0.05) is 26.2 Å². The van der Waals surface area contributed by atoms with Crippen LogP contribution in [0.4, 0.5) is 4.79 Å². The number of quaternary nitrogens is 1. The SMILES string of the molecule is CCCNC(=O)NC(=O)C[N+]12CCN(CC1)CC2. The number of nitrogens with zero attached hydrogens (tertiary/aromatic N) is 2. The van der Waals surface area contributed by atoms with E-state index in [4.69, 9.17) is 0 Å². The number of hydrogen-bond acceptors (Lipinski definition) is 3. The van der Waals surface area contributed by atoms with E-state index in [-0.39, 0.29) is 11.9 Å². The molecule has 3 rings (SSSR count). The zero-order valence-corrected chi connectivity index (χ0v) is 11.1. The summed E-state index contributed by atoms with van der Waals surface area (Å²) in [4.78, 5) is 25.7. The lowest BCUT2D eigenvalue weighted by atomic mass is 10.1. The van der Waals surface area contributed by atoms with Crippen LogP contribution in [0.5, 0.6) is 0 Å². The van der Waals surface area contributed by atoms with Gasteiger partial charge in [0.1, 0.15) is 0 Å². The summed E-state index contributed by atoms with van der Waals surface area (Å²) >= 11 is 0. The molecule has 0 aromatic rings. The molecule has 2 bridgehead atoms. The molecule has 3 amide bonds. The molecule has 0 unspecified atom stereocenters. The zero-order chi connectivity index (χ0) is 13.0. The van der Waals surface area contributed by atoms with Crippen molar-refractivity contribution in [2.75, 3.05) is 52.4 Å². The summed E-state index contributed by atoms with van der Waals surface area (Å²) in [5.41, 5.74) is 0. The number of imide groups is 1. The predicted octanol–water partition coefficient (Wildman–Crippen LogP) is -0.632. The molecule has 2 N–H and O–H groups in total. The molecule has 0 saturated carbocycles. The molecule has 6 nitrogen and oxygen atoms in total. The van der Waals surface area contributed by atoms with Gasteiger partial charge in [0.15, 0.2) is 6.54 Å². The maximum atomic E-state index is 11.9. The number of rotatable bonds is 4. The first-order valence-corrected chi connectivity index (χ1v) is 6.79. The van der Waals surface area contributed by atoms with E-state index in [9.17, 15) is 9.59 Å². The van der Waals surface area contributed by atoms with Gasteiger partial charge in [-0.25, -0.2) is 4.79 Å². The van der Waals surface area contributed by atoms with Crippen molar-refractivity contribution in [2.24, 2.45) is 0 Å². The fraction of sp³-hybridized carbons (Fsp3) is 0.833. The second-order valence-corrected chi connectivity index (χ2v) is 5.32. The van der Waals surface area contributed by atoms with E-state index < -0.39 is 0 Å². The Balaban J connectivity index is 1.78. The molecule has 3 aliphatic heterocycles. The lowest BCUT2D eigenvalue weighted by molar-refractivity contribution is -0.933. The Hall–Kier alpha value is -1.14. The second kappa shape index (κ2) is 5.67. The van der Waals surface area contributed by atoms with Crippen molar-refractivity contribution in [3.8, 4) is 0 Å². The van der Waals surface area contributed by atoms with Gasteiger partial charge < -0.3 is 9.80 Å². The van der Waals surface area contributed by atoms with Crippen LogP contribution < -0.4 is 10.6 Å². The molecule has 6 heteroatoms. The van der Waals surface area contributed by atoms with E-state index in [1.165, 1.54) is 0 Å². The Bertz CT molecular complexity index is 310. The Kier molecular flexibility index (Phi) is 4.19. The van der Waals surface area contributed by atoms with Crippen molar-refractivity contribution in [1.82, 2.24) is 15.5 Å². The number of piperazine rings is 3. The number of nitrogens with one attached hydrogen (secondary N) is 2. The predicted molar refractivity (Wildman–Crippen MR) is 68.0 cm³/mol. The molecule has 0 atom stereocenters. The van der Waals surface area contributed by atoms with Crippen LogP contribution in [0.25, 0.3) is 0 Å². The van der Waals surface area contributed by atoms with Gasteiger partial charge in [-0.2, -0.15) is 0 Å². The van der Waals surface area contributed by atoms with Gasteiger partial charge in [-0.1, -0.05) is 6.92 Å². The summed E-state index contributed by atoms with van der Waals surface area (Å²) in [6, 6.07) is -0.365. The minimum atomic E-state index is -0.365. The maximum Gasteiger partial charge on any atom is 0.321 e. The van der Waals surface area contributed by atoms with E-state index in [1.54, 1.807) is 0 Å². The minimum Gasteiger partial charge on any atom is -0.338 e. The van der Waals surface area contributed by atoms with Crippen LogP contribution in [-0.4, -0.2) is 73.7 Å². The van der Waals surface area contributed by atoms with Crippen LogP contribution in [0, 0.1) is 0 Å². The van der Waals surface area contributed by atoms with Crippen LogP contribution in [0.1, 0.15) is 13.3 Å². The highest BCUT2D eigenvalue weighted by atomic mass is 16.2. The number of urea groups is 1. The second-order valence-electron chi connectivity index (χ2n) is 5.32. The Morgan fingerprint density at radius 1 is 1.17 bits per heavy atom. The molecule has 3 aliphatic rings. The highest BCUT2D eigenvalue weighted by Gasteiger charge is 2.39. The molecule has 102 valence electrons. The van der Waals surface area contributed by atoms with Crippen LogP contribution in [0.15, 0.2) is 0 Å². The molecule has 18 heavy (non-hydrogen) atoms. The first-order chi connectivity index (χ1) is 8.63. The molecule has 3 saturated heterocycles. The molecule has 0 aliphatic carbocycles.